The number of aromatic nitrogens is 4. The normalized spacial score (nSPS) is 16.8. The third-order valence-electron chi connectivity index (χ3n) is 4.94. The molecular weight excluding hydrogens is 360 g/mol. The Kier molecular flexibility index (Phi) is 4.88. The smallest absolute Gasteiger partial charge is 0.257 e. The number of carbonyl (C=O) groups excluding carboxylic acids is 2. The molecule has 9 heteroatoms. The highest BCUT2D eigenvalue weighted by molar-refractivity contribution is 5.96. The van der Waals surface area contributed by atoms with E-state index in [4.69, 9.17) is 4.42 Å². The number of rotatable bonds is 4. The van der Waals surface area contributed by atoms with E-state index >= 15 is 0 Å². The van der Waals surface area contributed by atoms with Gasteiger partial charge < -0.3 is 14.6 Å². The van der Waals surface area contributed by atoms with Crippen LogP contribution in [0.2, 0.25) is 0 Å². The second-order valence-electron chi connectivity index (χ2n) is 6.85. The number of nitrogens with zero attached hydrogens (tertiary/aromatic N) is 5. The minimum absolute atomic E-state index is 0.0957. The lowest BCUT2D eigenvalue weighted by molar-refractivity contribution is -0.121. The summed E-state index contributed by atoms with van der Waals surface area (Å²) in [5.74, 6) is -0.467. The van der Waals surface area contributed by atoms with Gasteiger partial charge in [0.1, 0.15) is 12.6 Å². The zero-order valence-electron chi connectivity index (χ0n) is 15.4. The molecule has 3 aromatic rings. The Balaban J connectivity index is 1.46. The lowest BCUT2D eigenvalue weighted by atomic mass is 9.96. The number of piperidine rings is 1. The van der Waals surface area contributed by atoms with Crippen molar-refractivity contribution >= 4 is 17.5 Å². The number of likely N-dealkylation sites (tertiary alicyclic amines) is 1. The molecule has 0 aliphatic carbocycles. The molecule has 1 N–H and O–H groups in total. The second kappa shape index (κ2) is 7.63. The summed E-state index contributed by atoms with van der Waals surface area (Å²) in [5, 5.41) is 14.1. The Morgan fingerprint density at radius 3 is 2.93 bits per heavy atom. The van der Waals surface area contributed by atoms with Crippen molar-refractivity contribution < 1.29 is 14.0 Å². The Hall–Kier alpha value is -3.49. The Morgan fingerprint density at radius 2 is 2.18 bits per heavy atom. The number of benzene rings is 1. The fraction of sp³-hybridized carbons (Fsp3) is 0.316. The van der Waals surface area contributed by atoms with Gasteiger partial charge in [0.05, 0.1) is 23.4 Å². The molecule has 1 atom stereocenters. The molecule has 0 saturated carbocycles. The summed E-state index contributed by atoms with van der Waals surface area (Å²) in [6, 6.07) is 7.26. The molecule has 3 heterocycles. The van der Waals surface area contributed by atoms with Gasteiger partial charge in [-0.15, -0.1) is 5.10 Å². The van der Waals surface area contributed by atoms with Crippen molar-refractivity contribution in [1.82, 2.24) is 25.1 Å². The third kappa shape index (κ3) is 3.64. The maximum Gasteiger partial charge on any atom is 0.257 e. The quantitative estimate of drug-likeness (QED) is 0.742. The van der Waals surface area contributed by atoms with Gasteiger partial charge in [-0.2, -0.15) is 0 Å². The zero-order valence-corrected chi connectivity index (χ0v) is 15.4. The van der Waals surface area contributed by atoms with Gasteiger partial charge in [-0.05, 0) is 54.0 Å². The Labute approximate surface area is 161 Å². The number of aryl methyl sites for hydroxylation is 1. The fourth-order valence-corrected chi connectivity index (χ4v) is 3.35. The van der Waals surface area contributed by atoms with Crippen LogP contribution in [0.15, 0.2) is 47.5 Å². The first kappa shape index (κ1) is 17.9. The van der Waals surface area contributed by atoms with Crippen molar-refractivity contribution in [1.29, 1.82) is 0 Å². The molecule has 2 amide bonds. The van der Waals surface area contributed by atoms with Gasteiger partial charge in [0.25, 0.3) is 5.91 Å². The number of carbonyl (C=O) groups is 2. The molecule has 1 aromatic carbocycles. The van der Waals surface area contributed by atoms with Gasteiger partial charge in [0.15, 0.2) is 0 Å². The summed E-state index contributed by atoms with van der Waals surface area (Å²) in [5.41, 5.74) is 2.90. The summed E-state index contributed by atoms with van der Waals surface area (Å²) < 4.78 is 6.52. The Bertz CT molecular complexity index is 968. The highest BCUT2D eigenvalue weighted by Crippen LogP contribution is 2.23. The molecule has 9 nitrogen and oxygen atoms in total. The van der Waals surface area contributed by atoms with Crippen LogP contribution < -0.4 is 5.32 Å². The van der Waals surface area contributed by atoms with E-state index in [9.17, 15) is 9.59 Å². The first-order valence-electron chi connectivity index (χ1n) is 9.08. The average molecular weight is 380 g/mol. The molecule has 0 unspecified atom stereocenters. The van der Waals surface area contributed by atoms with Crippen molar-refractivity contribution in [3.63, 3.8) is 0 Å². The van der Waals surface area contributed by atoms with E-state index in [1.54, 1.807) is 11.0 Å². The second-order valence-corrected chi connectivity index (χ2v) is 6.85. The first-order chi connectivity index (χ1) is 13.6. The van der Waals surface area contributed by atoms with Crippen LogP contribution in [0.1, 0.15) is 28.8 Å². The molecule has 1 saturated heterocycles. The van der Waals surface area contributed by atoms with E-state index < -0.39 is 0 Å². The lowest BCUT2D eigenvalue weighted by Gasteiger charge is -2.32. The molecule has 1 aliphatic rings. The van der Waals surface area contributed by atoms with Gasteiger partial charge in [0, 0.05) is 18.8 Å². The van der Waals surface area contributed by atoms with Crippen LogP contribution in [-0.4, -0.2) is 50.0 Å². The maximum absolute atomic E-state index is 12.9. The molecule has 0 bridgehead atoms. The van der Waals surface area contributed by atoms with E-state index in [0.29, 0.717) is 24.3 Å². The largest absolute Gasteiger partial charge is 0.472 e. The van der Waals surface area contributed by atoms with E-state index in [1.807, 2.05) is 25.1 Å². The minimum Gasteiger partial charge on any atom is -0.472 e. The van der Waals surface area contributed by atoms with Crippen molar-refractivity contribution in [3.8, 4) is 5.69 Å². The lowest BCUT2D eigenvalue weighted by Crippen LogP contribution is -2.43. The SMILES string of the molecule is Cc1ccc(-n2cnnn2)cc1NC(=O)[C@@H]1CCCN(C(=O)c2ccoc2)C1. The highest BCUT2D eigenvalue weighted by Gasteiger charge is 2.29. The fourth-order valence-electron chi connectivity index (χ4n) is 3.35. The van der Waals surface area contributed by atoms with Crippen LogP contribution in [0.3, 0.4) is 0 Å². The van der Waals surface area contributed by atoms with E-state index in [2.05, 4.69) is 20.8 Å². The number of anilines is 1. The third-order valence-corrected chi connectivity index (χ3v) is 4.94. The van der Waals surface area contributed by atoms with Crippen LogP contribution in [0, 0.1) is 12.8 Å². The topological polar surface area (TPSA) is 106 Å². The number of hydrogen-bond donors (Lipinski definition) is 1. The molecule has 0 spiro atoms. The van der Waals surface area contributed by atoms with Gasteiger partial charge in [0.2, 0.25) is 5.91 Å². The van der Waals surface area contributed by atoms with Gasteiger partial charge in [-0.25, -0.2) is 4.68 Å². The molecule has 1 fully saturated rings. The molecular formula is C19H20N6O3. The van der Waals surface area contributed by atoms with Crippen LogP contribution in [-0.2, 0) is 4.79 Å². The predicted octanol–water partition coefficient (Wildman–Crippen LogP) is 2.05. The monoisotopic (exact) mass is 380 g/mol. The standard InChI is InChI=1S/C19H20N6O3/c1-13-4-5-16(25-12-20-22-23-25)9-17(13)21-18(26)14-3-2-7-24(10-14)19(27)15-6-8-28-11-15/h4-6,8-9,11-12,14H,2-3,7,10H2,1H3,(H,21,26)/t14-/m1/s1. The summed E-state index contributed by atoms with van der Waals surface area (Å²) in [6.07, 6.45) is 5.93. The van der Waals surface area contributed by atoms with E-state index in [0.717, 1.165) is 24.1 Å². The molecule has 28 heavy (non-hydrogen) atoms. The van der Waals surface area contributed by atoms with Gasteiger partial charge in [-0.3, -0.25) is 9.59 Å². The molecule has 144 valence electrons. The number of nitrogens with one attached hydrogen (secondary N) is 1. The highest BCUT2D eigenvalue weighted by atomic mass is 16.3. The predicted molar refractivity (Wildman–Crippen MR) is 99.9 cm³/mol. The number of tetrazole rings is 1. The van der Waals surface area contributed by atoms with Gasteiger partial charge >= 0.3 is 0 Å². The molecule has 2 aromatic heterocycles. The molecule has 1 aliphatic heterocycles. The van der Waals surface area contributed by atoms with Gasteiger partial charge in [-0.1, -0.05) is 6.07 Å². The first-order valence-corrected chi connectivity index (χ1v) is 9.08. The summed E-state index contributed by atoms with van der Waals surface area (Å²) in [6.45, 7) is 2.96. The zero-order chi connectivity index (χ0) is 19.5. The summed E-state index contributed by atoms with van der Waals surface area (Å²) >= 11 is 0. The van der Waals surface area contributed by atoms with E-state index in [-0.39, 0.29) is 17.7 Å². The maximum atomic E-state index is 12.9. The van der Waals surface area contributed by atoms with Crippen molar-refractivity contribution in [2.45, 2.75) is 19.8 Å². The number of hydrogen-bond acceptors (Lipinski definition) is 6. The average Bonchev–Trinajstić information content (AvgIpc) is 3.43. The number of furan rings is 1. The van der Waals surface area contributed by atoms with E-state index in [1.165, 1.54) is 23.5 Å². The number of amides is 2. The van der Waals surface area contributed by atoms with Crippen molar-refractivity contribution in [2.24, 2.45) is 5.92 Å². The summed E-state index contributed by atoms with van der Waals surface area (Å²) in [4.78, 5) is 27.1. The molecule has 0 radical (unpaired) electrons. The van der Waals surface area contributed by atoms with Crippen LogP contribution >= 0.6 is 0 Å². The Morgan fingerprint density at radius 1 is 1.29 bits per heavy atom. The minimum atomic E-state index is -0.263. The van der Waals surface area contributed by atoms with Crippen molar-refractivity contribution in [3.05, 3.63) is 54.2 Å². The van der Waals surface area contributed by atoms with Crippen molar-refractivity contribution in [2.75, 3.05) is 18.4 Å². The van der Waals surface area contributed by atoms with Crippen LogP contribution in [0.5, 0.6) is 0 Å². The van der Waals surface area contributed by atoms with Crippen LogP contribution in [0.25, 0.3) is 5.69 Å². The summed E-state index contributed by atoms with van der Waals surface area (Å²) in [7, 11) is 0. The molecule has 4 rings (SSSR count). The van der Waals surface area contributed by atoms with Crippen LogP contribution in [0.4, 0.5) is 5.69 Å².